The highest BCUT2D eigenvalue weighted by atomic mass is 19.1. The van der Waals surface area contributed by atoms with Crippen LogP contribution in [0.3, 0.4) is 0 Å². The first-order chi connectivity index (χ1) is 6.15. The summed E-state index contributed by atoms with van der Waals surface area (Å²) in [5, 5.41) is 2.56. The van der Waals surface area contributed by atoms with Crippen LogP contribution in [0.25, 0.3) is 0 Å². The third-order valence-electron chi connectivity index (χ3n) is 2.27. The zero-order valence-electron chi connectivity index (χ0n) is 8.05. The second kappa shape index (κ2) is 4.56. The molecule has 1 rings (SSSR count). The summed E-state index contributed by atoms with van der Waals surface area (Å²) in [5.41, 5.74) is 0. The monoisotopic (exact) mass is 189 g/mol. The summed E-state index contributed by atoms with van der Waals surface area (Å²) in [7, 11) is 0. The van der Waals surface area contributed by atoms with Gasteiger partial charge in [0.1, 0.15) is 12.8 Å². The smallest absolute Gasteiger partial charge is 0.249 e. The minimum Gasteiger partial charge on any atom is -0.368 e. The molecule has 76 valence electrons. The molecule has 0 saturated carbocycles. The number of rotatable bonds is 3. The molecule has 3 atom stereocenters. The third-order valence-corrected chi connectivity index (χ3v) is 2.27. The summed E-state index contributed by atoms with van der Waals surface area (Å²) in [6.45, 7) is 3.70. The van der Waals surface area contributed by atoms with Crippen molar-refractivity contribution in [1.82, 2.24) is 5.32 Å². The number of hydrogen-bond acceptors (Lipinski definition) is 2. The van der Waals surface area contributed by atoms with Gasteiger partial charge in [0.25, 0.3) is 0 Å². The molecular formula is C9H16FNO2. The fourth-order valence-corrected chi connectivity index (χ4v) is 1.39. The molecule has 3 nitrogen and oxygen atoms in total. The summed E-state index contributed by atoms with van der Waals surface area (Å²) in [6, 6.07) is -0.413. The van der Waals surface area contributed by atoms with E-state index in [-0.39, 0.29) is 17.9 Å². The number of carbonyl (C=O) groups excluding carboxylic acids is 1. The van der Waals surface area contributed by atoms with Crippen LogP contribution in [0, 0.1) is 5.92 Å². The predicted octanol–water partition coefficient (Wildman–Crippen LogP) is 0.886. The summed E-state index contributed by atoms with van der Waals surface area (Å²) < 4.78 is 17.3. The van der Waals surface area contributed by atoms with E-state index in [9.17, 15) is 9.18 Å². The van der Waals surface area contributed by atoms with Crippen molar-refractivity contribution in [3.63, 3.8) is 0 Å². The molecule has 1 heterocycles. The van der Waals surface area contributed by atoms with Crippen LogP contribution in [0.5, 0.6) is 0 Å². The van der Waals surface area contributed by atoms with E-state index in [1.807, 2.05) is 6.92 Å². The summed E-state index contributed by atoms with van der Waals surface area (Å²) in [6.07, 6.45) is 0.524. The average molecular weight is 189 g/mol. The number of nitrogens with one attached hydrogen (secondary N) is 1. The Morgan fingerprint density at radius 1 is 1.77 bits per heavy atom. The quantitative estimate of drug-likeness (QED) is 0.716. The highest BCUT2D eigenvalue weighted by molar-refractivity contribution is 5.81. The van der Waals surface area contributed by atoms with Gasteiger partial charge in [-0.3, -0.25) is 4.79 Å². The van der Waals surface area contributed by atoms with Crippen LogP contribution >= 0.6 is 0 Å². The molecule has 1 unspecified atom stereocenters. The largest absolute Gasteiger partial charge is 0.368 e. The second-order valence-electron chi connectivity index (χ2n) is 3.62. The Kier molecular flexibility index (Phi) is 3.66. The van der Waals surface area contributed by atoms with Crippen molar-refractivity contribution in [2.75, 3.05) is 13.3 Å². The molecule has 0 aromatic rings. The van der Waals surface area contributed by atoms with Gasteiger partial charge >= 0.3 is 0 Å². The SMILES string of the molecule is CC(CF)NC(=O)[C@H]1OCC[C@H]1C. The number of hydrogen-bond donors (Lipinski definition) is 1. The Labute approximate surface area is 77.6 Å². The van der Waals surface area contributed by atoms with Crippen LogP contribution in [0.4, 0.5) is 4.39 Å². The minimum atomic E-state index is -0.535. The molecule has 1 fully saturated rings. The van der Waals surface area contributed by atoms with Crippen molar-refractivity contribution in [2.45, 2.75) is 32.4 Å². The predicted molar refractivity (Wildman–Crippen MR) is 47.1 cm³/mol. The van der Waals surface area contributed by atoms with E-state index in [1.165, 1.54) is 0 Å². The molecule has 1 N–H and O–H groups in total. The minimum absolute atomic E-state index is 0.185. The highest BCUT2D eigenvalue weighted by Gasteiger charge is 2.31. The maximum absolute atomic E-state index is 12.1. The number of ether oxygens (including phenoxy) is 1. The Morgan fingerprint density at radius 2 is 2.46 bits per heavy atom. The van der Waals surface area contributed by atoms with Crippen molar-refractivity contribution >= 4 is 5.91 Å². The van der Waals surface area contributed by atoms with E-state index >= 15 is 0 Å². The lowest BCUT2D eigenvalue weighted by atomic mass is 10.0. The van der Waals surface area contributed by atoms with Gasteiger partial charge in [-0.1, -0.05) is 6.92 Å². The van der Waals surface area contributed by atoms with Gasteiger partial charge in [-0.25, -0.2) is 4.39 Å². The van der Waals surface area contributed by atoms with Crippen LogP contribution in [-0.2, 0) is 9.53 Å². The van der Waals surface area contributed by atoms with Crippen molar-refractivity contribution in [3.8, 4) is 0 Å². The van der Waals surface area contributed by atoms with Gasteiger partial charge in [-0.2, -0.15) is 0 Å². The molecule has 0 aromatic carbocycles. The fourth-order valence-electron chi connectivity index (χ4n) is 1.39. The molecule has 0 aromatic heterocycles. The first kappa shape index (κ1) is 10.4. The van der Waals surface area contributed by atoms with Crippen LogP contribution in [0.1, 0.15) is 20.3 Å². The van der Waals surface area contributed by atoms with Gasteiger partial charge in [0, 0.05) is 6.61 Å². The number of amides is 1. The molecule has 0 radical (unpaired) electrons. The zero-order valence-corrected chi connectivity index (χ0v) is 8.05. The number of halogens is 1. The average Bonchev–Trinajstić information content (AvgIpc) is 2.51. The standard InChI is InChI=1S/C9H16FNO2/c1-6-3-4-13-8(6)9(12)11-7(2)5-10/h6-8H,3-5H2,1-2H3,(H,11,12)/t6-,7?,8+/m1/s1. The highest BCUT2D eigenvalue weighted by Crippen LogP contribution is 2.19. The van der Waals surface area contributed by atoms with Gasteiger partial charge in [0.2, 0.25) is 5.91 Å². The van der Waals surface area contributed by atoms with E-state index in [0.717, 1.165) is 6.42 Å². The molecule has 1 saturated heterocycles. The van der Waals surface area contributed by atoms with Crippen LogP contribution in [0.15, 0.2) is 0 Å². The van der Waals surface area contributed by atoms with Crippen LogP contribution in [0.2, 0.25) is 0 Å². The molecule has 0 spiro atoms. The Morgan fingerprint density at radius 3 is 2.92 bits per heavy atom. The van der Waals surface area contributed by atoms with Crippen molar-refractivity contribution in [2.24, 2.45) is 5.92 Å². The molecule has 4 heteroatoms. The van der Waals surface area contributed by atoms with Gasteiger partial charge in [-0.15, -0.1) is 0 Å². The third kappa shape index (κ3) is 2.66. The first-order valence-corrected chi connectivity index (χ1v) is 4.63. The van der Waals surface area contributed by atoms with Crippen molar-refractivity contribution in [1.29, 1.82) is 0 Å². The number of alkyl halides is 1. The van der Waals surface area contributed by atoms with Crippen LogP contribution in [-0.4, -0.2) is 31.3 Å². The van der Waals surface area contributed by atoms with Gasteiger partial charge in [0.05, 0.1) is 6.04 Å². The normalized spacial score (nSPS) is 30.1. The Hall–Kier alpha value is -0.640. The van der Waals surface area contributed by atoms with E-state index in [4.69, 9.17) is 4.74 Å². The van der Waals surface area contributed by atoms with Crippen molar-refractivity contribution in [3.05, 3.63) is 0 Å². The molecule has 1 aliphatic heterocycles. The summed E-state index contributed by atoms with van der Waals surface area (Å²) >= 11 is 0. The van der Waals surface area contributed by atoms with E-state index in [1.54, 1.807) is 6.92 Å². The fraction of sp³-hybridized carbons (Fsp3) is 0.889. The maximum Gasteiger partial charge on any atom is 0.249 e. The van der Waals surface area contributed by atoms with Gasteiger partial charge in [0.15, 0.2) is 0 Å². The lowest BCUT2D eigenvalue weighted by Crippen LogP contribution is -2.42. The molecule has 1 amide bonds. The molecule has 1 aliphatic rings. The lowest BCUT2D eigenvalue weighted by molar-refractivity contribution is -0.132. The molecule has 0 aliphatic carbocycles. The van der Waals surface area contributed by atoms with E-state index in [2.05, 4.69) is 5.32 Å². The maximum atomic E-state index is 12.1. The summed E-state index contributed by atoms with van der Waals surface area (Å²) in [5.74, 6) is 0.0574. The Balaban J connectivity index is 2.38. The van der Waals surface area contributed by atoms with E-state index < -0.39 is 12.7 Å². The second-order valence-corrected chi connectivity index (χ2v) is 3.62. The van der Waals surface area contributed by atoms with Crippen molar-refractivity contribution < 1.29 is 13.9 Å². The Bertz CT molecular complexity index is 186. The first-order valence-electron chi connectivity index (χ1n) is 4.63. The van der Waals surface area contributed by atoms with Crippen LogP contribution < -0.4 is 5.32 Å². The molecule has 13 heavy (non-hydrogen) atoms. The summed E-state index contributed by atoms with van der Waals surface area (Å²) in [4.78, 5) is 11.4. The zero-order chi connectivity index (χ0) is 9.84. The molecule has 0 bridgehead atoms. The van der Waals surface area contributed by atoms with Gasteiger partial charge < -0.3 is 10.1 Å². The lowest BCUT2D eigenvalue weighted by Gasteiger charge is -2.16. The van der Waals surface area contributed by atoms with Gasteiger partial charge in [-0.05, 0) is 19.3 Å². The molecular weight excluding hydrogens is 173 g/mol. The topological polar surface area (TPSA) is 38.3 Å². The number of carbonyl (C=O) groups is 1. The van der Waals surface area contributed by atoms with E-state index in [0.29, 0.717) is 6.61 Å².